The molecule has 1 aliphatic rings. The third-order valence-corrected chi connectivity index (χ3v) is 5.32. The molecule has 94 valence electrons. The Balaban J connectivity index is 2.17. The van der Waals surface area contributed by atoms with Crippen LogP contribution in [0.3, 0.4) is 0 Å². The largest absolute Gasteiger partial charge is 0.301 e. The molecule has 1 saturated heterocycles. The lowest BCUT2D eigenvalue weighted by Crippen LogP contribution is -2.33. The van der Waals surface area contributed by atoms with Gasteiger partial charge in [-0.15, -0.1) is 0 Å². The number of hydrogen-bond donors (Lipinski definition) is 1. The molecule has 1 aromatic rings. The summed E-state index contributed by atoms with van der Waals surface area (Å²) in [6.07, 6.45) is 1.84. The van der Waals surface area contributed by atoms with Crippen molar-refractivity contribution in [1.29, 1.82) is 0 Å². The summed E-state index contributed by atoms with van der Waals surface area (Å²) in [5, 5.41) is 0.550. The predicted molar refractivity (Wildman–Crippen MR) is 72.5 cm³/mol. The van der Waals surface area contributed by atoms with E-state index >= 15 is 0 Å². The fourth-order valence-electron chi connectivity index (χ4n) is 1.70. The summed E-state index contributed by atoms with van der Waals surface area (Å²) in [6.45, 7) is 1.17. The van der Waals surface area contributed by atoms with E-state index in [-0.39, 0.29) is 0 Å². The molecular formula is C10H12BrClN2O2S. The van der Waals surface area contributed by atoms with Crippen LogP contribution in [0.25, 0.3) is 0 Å². The molecule has 0 atom stereocenters. The molecule has 1 aromatic carbocycles. The first-order valence-corrected chi connectivity index (χ1v) is 7.83. The van der Waals surface area contributed by atoms with Crippen LogP contribution in [0.4, 0.5) is 5.69 Å². The zero-order valence-corrected chi connectivity index (χ0v) is 12.1. The van der Waals surface area contributed by atoms with Crippen LogP contribution < -0.4 is 4.72 Å². The lowest BCUT2D eigenvalue weighted by atomic mass is 10.3. The Hall–Kier alpha value is -0.300. The number of nitrogens with zero attached hydrogens (tertiary/aromatic N) is 1. The van der Waals surface area contributed by atoms with E-state index in [2.05, 4.69) is 20.7 Å². The molecule has 0 aromatic heterocycles. The number of halogens is 2. The van der Waals surface area contributed by atoms with E-state index in [0.29, 0.717) is 28.3 Å². The van der Waals surface area contributed by atoms with Gasteiger partial charge in [0.1, 0.15) is 0 Å². The average Bonchev–Trinajstić information content (AvgIpc) is 2.77. The SMILES string of the molecule is O=S(=O)(Nc1ccc(Cl)c(Br)c1)N1CCCC1. The topological polar surface area (TPSA) is 49.4 Å². The highest BCUT2D eigenvalue weighted by Crippen LogP contribution is 2.26. The van der Waals surface area contributed by atoms with Gasteiger partial charge in [-0.25, -0.2) is 0 Å². The predicted octanol–water partition coefficient (Wildman–Crippen LogP) is 2.86. The molecule has 1 N–H and O–H groups in total. The number of anilines is 1. The van der Waals surface area contributed by atoms with E-state index in [1.54, 1.807) is 18.2 Å². The lowest BCUT2D eigenvalue weighted by Gasteiger charge is -2.17. The summed E-state index contributed by atoms with van der Waals surface area (Å²) >= 11 is 9.10. The van der Waals surface area contributed by atoms with Gasteiger partial charge >= 0.3 is 10.2 Å². The van der Waals surface area contributed by atoms with Crippen molar-refractivity contribution in [2.45, 2.75) is 12.8 Å². The van der Waals surface area contributed by atoms with Gasteiger partial charge in [0.15, 0.2) is 0 Å². The summed E-state index contributed by atoms with van der Waals surface area (Å²) in [5.74, 6) is 0. The third kappa shape index (κ3) is 3.13. The maximum atomic E-state index is 12.0. The molecule has 1 heterocycles. The van der Waals surface area contributed by atoms with Gasteiger partial charge in [0.2, 0.25) is 0 Å². The molecule has 0 unspecified atom stereocenters. The van der Waals surface area contributed by atoms with Crippen LogP contribution in [-0.4, -0.2) is 25.8 Å². The second kappa shape index (κ2) is 5.14. The van der Waals surface area contributed by atoms with Crippen molar-refractivity contribution in [3.63, 3.8) is 0 Å². The van der Waals surface area contributed by atoms with E-state index in [4.69, 9.17) is 11.6 Å². The summed E-state index contributed by atoms with van der Waals surface area (Å²) in [5.41, 5.74) is 0.508. The molecule has 17 heavy (non-hydrogen) atoms. The van der Waals surface area contributed by atoms with Crippen molar-refractivity contribution < 1.29 is 8.42 Å². The van der Waals surface area contributed by atoms with Crippen LogP contribution in [0.5, 0.6) is 0 Å². The van der Waals surface area contributed by atoms with Crippen molar-refractivity contribution in [2.24, 2.45) is 0 Å². The highest BCUT2D eigenvalue weighted by molar-refractivity contribution is 9.10. The van der Waals surface area contributed by atoms with Gasteiger partial charge in [-0.2, -0.15) is 12.7 Å². The van der Waals surface area contributed by atoms with Gasteiger partial charge in [-0.1, -0.05) is 11.6 Å². The molecule has 4 nitrogen and oxygen atoms in total. The van der Waals surface area contributed by atoms with E-state index in [1.165, 1.54) is 4.31 Å². The minimum absolute atomic E-state index is 0.508. The molecule has 7 heteroatoms. The molecule has 1 aliphatic heterocycles. The Kier molecular flexibility index (Phi) is 3.97. The summed E-state index contributed by atoms with van der Waals surface area (Å²) < 4.78 is 28.6. The summed E-state index contributed by atoms with van der Waals surface area (Å²) in [7, 11) is -3.42. The lowest BCUT2D eigenvalue weighted by molar-refractivity contribution is 0.482. The van der Waals surface area contributed by atoms with Crippen LogP contribution in [0.2, 0.25) is 5.02 Å². The van der Waals surface area contributed by atoms with Gasteiger partial charge in [0.05, 0.1) is 10.7 Å². The first-order chi connectivity index (χ1) is 7.99. The van der Waals surface area contributed by atoms with Gasteiger partial charge in [-0.05, 0) is 47.0 Å². The Bertz CT molecular complexity index is 515. The maximum absolute atomic E-state index is 12.0. The normalized spacial score (nSPS) is 17.3. The van der Waals surface area contributed by atoms with Gasteiger partial charge in [0, 0.05) is 17.6 Å². The zero-order valence-electron chi connectivity index (χ0n) is 8.99. The van der Waals surface area contributed by atoms with Gasteiger partial charge in [0.25, 0.3) is 0 Å². The van der Waals surface area contributed by atoms with Gasteiger partial charge in [-0.3, -0.25) is 4.72 Å². The fourth-order valence-corrected chi connectivity index (χ4v) is 3.49. The second-order valence-electron chi connectivity index (χ2n) is 3.84. The molecule has 1 fully saturated rings. The van der Waals surface area contributed by atoms with E-state index < -0.39 is 10.2 Å². The van der Waals surface area contributed by atoms with Gasteiger partial charge < -0.3 is 0 Å². The maximum Gasteiger partial charge on any atom is 0.301 e. The number of hydrogen-bond acceptors (Lipinski definition) is 2. The van der Waals surface area contributed by atoms with Crippen LogP contribution >= 0.6 is 27.5 Å². The van der Waals surface area contributed by atoms with Crippen LogP contribution in [-0.2, 0) is 10.2 Å². The van der Waals surface area contributed by atoms with Crippen molar-refractivity contribution in [2.75, 3.05) is 17.8 Å². The minimum atomic E-state index is -3.42. The van der Waals surface area contributed by atoms with E-state index in [9.17, 15) is 8.42 Å². The summed E-state index contributed by atoms with van der Waals surface area (Å²) in [6, 6.07) is 4.93. The highest BCUT2D eigenvalue weighted by atomic mass is 79.9. The zero-order chi connectivity index (χ0) is 12.5. The first-order valence-electron chi connectivity index (χ1n) is 5.22. The van der Waals surface area contributed by atoms with Crippen LogP contribution in [0, 0.1) is 0 Å². The summed E-state index contributed by atoms with van der Waals surface area (Å²) in [4.78, 5) is 0. The Labute approximate surface area is 114 Å². The fraction of sp³-hybridized carbons (Fsp3) is 0.400. The molecular weight excluding hydrogens is 328 g/mol. The standard InChI is InChI=1S/C10H12BrClN2O2S/c11-9-7-8(3-4-10(9)12)13-17(15,16)14-5-1-2-6-14/h3-4,7,13H,1-2,5-6H2. The molecule has 0 radical (unpaired) electrons. The number of benzene rings is 1. The second-order valence-corrected chi connectivity index (χ2v) is 6.77. The first kappa shape index (κ1) is 13.1. The van der Waals surface area contributed by atoms with Crippen molar-refractivity contribution in [1.82, 2.24) is 4.31 Å². The van der Waals surface area contributed by atoms with Crippen LogP contribution in [0.15, 0.2) is 22.7 Å². The molecule has 0 amide bonds. The Morgan fingerprint density at radius 1 is 1.29 bits per heavy atom. The van der Waals surface area contributed by atoms with Crippen molar-refractivity contribution in [3.05, 3.63) is 27.7 Å². The monoisotopic (exact) mass is 338 g/mol. The average molecular weight is 340 g/mol. The van der Waals surface area contributed by atoms with Crippen LogP contribution in [0.1, 0.15) is 12.8 Å². The van der Waals surface area contributed by atoms with Crippen molar-refractivity contribution in [3.8, 4) is 0 Å². The van der Waals surface area contributed by atoms with E-state index in [1.807, 2.05) is 0 Å². The number of nitrogens with one attached hydrogen (secondary N) is 1. The smallest absolute Gasteiger partial charge is 0.271 e. The molecule has 0 saturated carbocycles. The quantitative estimate of drug-likeness (QED) is 0.920. The highest BCUT2D eigenvalue weighted by Gasteiger charge is 2.25. The molecule has 0 spiro atoms. The minimum Gasteiger partial charge on any atom is -0.271 e. The van der Waals surface area contributed by atoms with E-state index in [0.717, 1.165) is 12.8 Å². The number of rotatable bonds is 3. The molecule has 2 rings (SSSR count). The third-order valence-electron chi connectivity index (χ3n) is 2.57. The Morgan fingerprint density at radius 2 is 1.94 bits per heavy atom. The molecule has 0 aliphatic carbocycles. The van der Waals surface area contributed by atoms with Crippen molar-refractivity contribution >= 4 is 43.4 Å². The Morgan fingerprint density at radius 3 is 2.53 bits per heavy atom. The molecule has 0 bridgehead atoms.